The van der Waals surface area contributed by atoms with E-state index >= 15 is 0 Å². The van der Waals surface area contributed by atoms with Crippen LogP contribution in [-0.4, -0.2) is 35.0 Å². The minimum absolute atomic E-state index is 0.119. The Hall–Kier alpha value is -4.10. The van der Waals surface area contributed by atoms with E-state index in [0.29, 0.717) is 24.1 Å². The lowest BCUT2D eigenvalue weighted by Gasteiger charge is -2.26. The summed E-state index contributed by atoms with van der Waals surface area (Å²) in [5, 5.41) is 11.2. The second-order valence-corrected chi connectivity index (χ2v) is 8.34. The zero-order valence-corrected chi connectivity index (χ0v) is 19.0. The smallest absolute Gasteiger partial charge is 0.283 e. The second-order valence-electron chi connectivity index (χ2n) is 7.51. The Bertz CT molecular complexity index is 1300. The summed E-state index contributed by atoms with van der Waals surface area (Å²) in [6, 6.07) is 26.8. The van der Waals surface area contributed by atoms with Gasteiger partial charge in [0.1, 0.15) is 30.5 Å². The Kier molecular flexibility index (Phi) is 6.27. The maximum atomic E-state index is 12.7. The van der Waals surface area contributed by atoms with Gasteiger partial charge >= 0.3 is 0 Å². The molecule has 2 heterocycles. The van der Waals surface area contributed by atoms with Gasteiger partial charge in [0.2, 0.25) is 0 Å². The van der Waals surface area contributed by atoms with Gasteiger partial charge in [-0.05, 0) is 41.5 Å². The average Bonchev–Trinajstić information content (AvgIpc) is 3.30. The average molecular weight is 468 g/mol. The molecular formula is C27H21N3O3S. The number of hydrogen-bond acceptors (Lipinski definition) is 5. The number of carbonyl (C=O) groups is 1. The molecule has 34 heavy (non-hydrogen) atoms. The maximum absolute atomic E-state index is 12.7. The quantitative estimate of drug-likeness (QED) is 0.370. The number of nitrogens with zero attached hydrogens (tertiary/aromatic N) is 2. The molecule has 0 spiro atoms. The van der Waals surface area contributed by atoms with Gasteiger partial charge in [0.15, 0.2) is 5.17 Å². The molecule has 6 nitrogen and oxygen atoms in total. The van der Waals surface area contributed by atoms with Crippen molar-refractivity contribution in [3.63, 3.8) is 0 Å². The van der Waals surface area contributed by atoms with Gasteiger partial charge < -0.3 is 9.47 Å². The molecule has 0 unspecified atom stereocenters. The van der Waals surface area contributed by atoms with Crippen LogP contribution in [0.2, 0.25) is 0 Å². The lowest BCUT2D eigenvalue weighted by atomic mass is 10.1. The highest BCUT2D eigenvalue weighted by atomic mass is 32.2. The minimum Gasteiger partial charge on any atom is -0.490 e. The molecule has 0 saturated carbocycles. The fourth-order valence-corrected chi connectivity index (χ4v) is 4.47. The molecule has 2 aliphatic heterocycles. The number of benzene rings is 3. The molecule has 5 rings (SSSR count). The Morgan fingerprint density at radius 3 is 2.15 bits per heavy atom. The fraction of sp³-hybridized carbons (Fsp3) is 0.0741. The summed E-state index contributed by atoms with van der Waals surface area (Å²) in [5.41, 5.74) is 2.85. The fourth-order valence-electron chi connectivity index (χ4n) is 3.58. The summed E-state index contributed by atoms with van der Waals surface area (Å²) in [4.78, 5) is 18.6. The van der Waals surface area contributed by atoms with Crippen molar-refractivity contribution in [3.8, 4) is 11.5 Å². The number of fused-ring (bicyclic) bond motifs is 1. The number of thioether (sulfide) groups is 1. The monoisotopic (exact) mass is 467 g/mol. The van der Waals surface area contributed by atoms with Gasteiger partial charge in [0.25, 0.3) is 5.91 Å². The summed E-state index contributed by atoms with van der Waals surface area (Å²) in [7, 11) is 0. The number of amidine groups is 2. The zero-order valence-electron chi connectivity index (χ0n) is 18.2. The Morgan fingerprint density at radius 2 is 1.47 bits per heavy atom. The van der Waals surface area contributed by atoms with E-state index in [4.69, 9.17) is 14.9 Å². The van der Waals surface area contributed by atoms with Gasteiger partial charge in [0, 0.05) is 5.41 Å². The van der Waals surface area contributed by atoms with Gasteiger partial charge in [-0.2, -0.15) is 4.99 Å². The van der Waals surface area contributed by atoms with Gasteiger partial charge in [-0.3, -0.25) is 15.1 Å². The molecule has 0 atom stereocenters. The maximum Gasteiger partial charge on any atom is 0.283 e. The van der Waals surface area contributed by atoms with Crippen LogP contribution in [0.5, 0.6) is 11.5 Å². The number of ether oxygens (including phenoxy) is 2. The number of amides is 1. The Balaban J connectivity index is 1.25. The first-order valence-corrected chi connectivity index (χ1v) is 11.6. The first-order valence-electron chi connectivity index (χ1n) is 10.8. The van der Waals surface area contributed by atoms with Crippen LogP contribution in [0.25, 0.3) is 11.8 Å². The lowest BCUT2D eigenvalue weighted by molar-refractivity contribution is -0.114. The number of rotatable bonds is 7. The topological polar surface area (TPSA) is 75.0 Å². The van der Waals surface area contributed by atoms with Crippen molar-refractivity contribution in [1.82, 2.24) is 4.90 Å². The molecular weight excluding hydrogens is 446 g/mol. The largest absolute Gasteiger partial charge is 0.490 e. The normalized spacial score (nSPS) is 16.2. The summed E-state index contributed by atoms with van der Waals surface area (Å²) in [5.74, 6) is 1.22. The molecule has 0 radical (unpaired) electrons. The van der Waals surface area contributed by atoms with Crippen molar-refractivity contribution in [2.45, 2.75) is 0 Å². The standard InChI is InChI=1S/C27H21N3O3S/c28-25-23(26(31)29-27-30(25)24(18-34-27)20-7-3-1-4-8-20)17-19-11-13-22(14-12-19)33-16-15-32-21-9-5-2-6-10-21/h1-14,17-18,28H,15-16H2/b23-17-,28-25?. The number of hydrogen-bond donors (Lipinski definition) is 1. The van der Waals surface area contributed by atoms with Crippen molar-refractivity contribution < 1.29 is 14.3 Å². The van der Waals surface area contributed by atoms with Crippen LogP contribution >= 0.6 is 11.8 Å². The highest BCUT2D eigenvalue weighted by Gasteiger charge is 2.36. The molecule has 2 aliphatic rings. The first kappa shape index (κ1) is 21.7. The third-order valence-electron chi connectivity index (χ3n) is 5.24. The Morgan fingerprint density at radius 1 is 0.853 bits per heavy atom. The number of para-hydroxylation sites is 1. The van der Waals surface area contributed by atoms with Crippen molar-refractivity contribution in [2.75, 3.05) is 13.2 Å². The highest BCUT2D eigenvalue weighted by Crippen LogP contribution is 2.37. The van der Waals surface area contributed by atoms with Crippen molar-refractivity contribution in [3.05, 3.63) is 107 Å². The van der Waals surface area contributed by atoms with Crippen LogP contribution in [0.3, 0.4) is 0 Å². The van der Waals surface area contributed by atoms with E-state index < -0.39 is 5.91 Å². The van der Waals surface area contributed by atoms with Crippen molar-refractivity contribution >= 4 is 40.4 Å². The SMILES string of the molecule is N=C1/C(=C/c2ccc(OCCOc3ccccc3)cc2)C(=O)N=C2SC=C(c3ccccc3)N12. The van der Waals surface area contributed by atoms with Crippen molar-refractivity contribution in [2.24, 2.45) is 4.99 Å². The highest BCUT2D eigenvalue weighted by molar-refractivity contribution is 8.17. The molecule has 3 aromatic rings. The first-order chi connectivity index (χ1) is 16.7. The summed E-state index contributed by atoms with van der Waals surface area (Å²) >= 11 is 1.35. The van der Waals surface area contributed by atoms with Gasteiger partial charge in [0.05, 0.1) is 11.3 Å². The molecule has 0 saturated heterocycles. The number of carbonyl (C=O) groups excluding carboxylic acids is 1. The Labute approximate surface area is 201 Å². The predicted molar refractivity (Wildman–Crippen MR) is 136 cm³/mol. The molecule has 3 aromatic carbocycles. The van der Waals surface area contributed by atoms with Gasteiger partial charge in [-0.25, -0.2) is 0 Å². The van der Waals surface area contributed by atoms with E-state index in [-0.39, 0.29) is 11.4 Å². The molecule has 0 bridgehead atoms. The second kappa shape index (κ2) is 9.80. The van der Waals surface area contributed by atoms with Crippen LogP contribution in [0, 0.1) is 5.41 Å². The summed E-state index contributed by atoms with van der Waals surface area (Å²) in [6.07, 6.45) is 1.69. The van der Waals surface area contributed by atoms with E-state index in [1.165, 1.54) is 11.8 Å². The van der Waals surface area contributed by atoms with Crippen LogP contribution in [0.4, 0.5) is 0 Å². The predicted octanol–water partition coefficient (Wildman–Crippen LogP) is 5.45. The molecule has 0 aromatic heterocycles. The third-order valence-corrected chi connectivity index (χ3v) is 6.06. The van der Waals surface area contributed by atoms with E-state index in [1.54, 1.807) is 11.0 Å². The van der Waals surface area contributed by atoms with Crippen LogP contribution in [0.15, 0.2) is 101 Å². The lowest BCUT2D eigenvalue weighted by Crippen LogP contribution is -2.38. The van der Waals surface area contributed by atoms with Crippen LogP contribution in [-0.2, 0) is 4.79 Å². The van der Waals surface area contributed by atoms with E-state index in [1.807, 2.05) is 90.3 Å². The molecule has 168 valence electrons. The van der Waals surface area contributed by atoms with Gasteiger partial charge in [-0.1, -0.05) is 72.4 Å². The minimum atomic E-state index is -0.412. The number of nitrogens with one attached hydrogen (secondary N) is 1. The molecule has 7 heteroatoms. The molecule has 0 aliphatic carbocycles. The van der Waals surface area contributed by atoms with E-state index in [0.717, 1.165) is 22.6 Å². The number of aliphatic imine (C=N–C) groups is 1. The molecule has 1 amide bonds. The van der Waals surface area contributed by atoms with Gasteiger partial charge in [-0.15, -0.1) is 0 Å². The third kappa shape index (κ3) is 4.65. The van der Waals surface area contributed by atoms with E-state index in [2.05, 4.69) is 4.99 Å². The van der Waals surface area contributed by atoms with Crippen LogP contribution in [0.1, 0.15) is 11.1 Å². The molecule has 1 N–H and O–H groups in total. The van der Waals surface area contributed by atoms with Crippen molar-refractivity contribution in [1.29, 1.82) is 5.41 Å². The van der Waals surface area contributed by atoms with Crippen LogP contribution < -0.4 is 9.47 Å². The zero-order chi connectivity index (χ0) is 23.3. The molecule has 0 fully saturated rings. The van der Waals surface area contributed by atoms with E-state index in [9.17, 15) is 4.79 Å². The summed E-state index contributed by atoms with van der Waals surface area (Å²) in [6.45, 7) is 0.851. The summed E-state index contributed by atoms with van der Waals surface area (Å²) < 4.78 is 11.4.